The molecule has 0 atom stereocenters. The van der Waals surface area contributed by atoms with E-state index in [1.807, 2.05) is 26.1 Å². The van der Waals surface area contributed by atoms with Crippen LogP contribution in [0.3, 0.4) is 0 Å². The maximum Gasteiger partial charge on any atom is 0.410 e. The molecule has 0 N–H and O–H groups in total. The van der Waals surface area contributed by atoms with Gasteiger partial charge < -0.3 is 19.4 Å². The van der Waals surface area contributed by atoms with Gasteiger partial charge in [-0.1, -0.05) is 5.16 Å². The zero-order valence-electron chi connectivity index (χ0n) is 17.6. The third-order valence-electron chi connectivity index (χ3n) is 5.74. The average Bonchev–Trinajstić information content (AvgIpc) is 3.19. The molecule has 3 aliphatic rings. The van der Waals surface area contributed by atoms with Gasteiger partial charge in [-0.3, -0.25) is 4.99 Å². The number of benzene rings is 1. The van der Waals surface area contributed by atoms with Crippen molar-refractivity contribution in [3.8, 4) is 0 Å². The quantitative estimate of drug-likeness (QED) is 0.694. The number of oxime groups is 1. The summed E-state index contributed by atoms with van der Waals surface area (Å²) in [6, 6.07) is 3.46. The summed E-state index contributed by atoms with van der Waals surface area (Å²) in [4.78, 5) is 25.7. The van der Waals surface area contributed by atoms with Crippen LogP contribution in [0, 0.1) is 5.82 Å². The number of aliphatic imine (C=N–C) groups is 1. The van der Waals surface area contributed by atoms with E-state index in [-0.39, 0.29) is 24.1 Å². The van der Waals surface area contributed by atoms with E-state index >= 15 is 0 Å². The Bertz CT molecular complexity index is 837. The lowest BCUT2D eigenvalue weighted by Gasteiger charge is -2.32. The van der Waals surface area contributed by atoms with Gasteiger partial charge in [0.2, 0.25) is 0 Å². The fourth-order valence-corrected chi connectivity index (χ4v) is 4.03. The van der Waals surface area contributed by atoms with E-state index in [2.05, 4.69) is 15.0 Å². The number of carbonyl (C=O) groups is 1. The summed E-state index contributed by atoms with van der Waals surface area (Å²) in [5.41, 5.74) is 3.49. The van der Waals surface area contributed by atoms with E-state index in [9.17, 15) is 9.18 Å². The average molecular weight is 416 g/mol. The number of fused-ring (bicyclic) bond motifs is 1. The van der Waals surface area contributed by atoms with Crippen molar-refractivity contribution >= 4 is 29.4 Å². The molecule has 2 fully saturated rings. The second kappa shape index (κ2) is 9.02. The summed E-state index contributed by atoms with van der Waals surface area (Å²) in [6.07, 6.45) is 5.26. The topological polar surface area (TPSA) is 66.7 Å². The van der Waals surface area contributed by atoms with E-state index in [1.54, 1.807) is 4.90 Å². The zero-order valence-corrected chi connectivity index (χ0v) is 17.6. The smallest absolute Gasteiger partial charge is 0.410 e. The van der Waals surface area contributed by atoms with E-state index in [0.29, 0.717) is 18.8 Å². The molecule has 3 heterocycles. The number of likely N-dealkylation sites (tertiary alicyclic amines) is 1. The number of carbonyl (C=O) groups excluding carboxylic acids is 1. The second-order valence-corrected chi connectivity index (χ2v) is 8.32. The van der Waals surface area contributed by atoms with Crippen molar-refractivity contribution in [2.24, 2.45) is 10.1 Å². The minimum absolute atomic E-state index is 0.0211. The van der Waals surface area contributed by atoms with Crippen LogP contribution in [0.25, 0.3) is 0 Å². The first kappa shape index (κ1) is 20.6. The van der Waals surface area contributed by atoms with Crippen LogP contribution in [0.2, 0.25) is 0 Å². The van der Waals surface area contributed by atoms with Gasteiger partial charge in [0.05, 0.1) is 23.2 Å². The largest absolute Gasteiger partial charge is 0.447 e. The molecule has 1 aromatic rings. The van der Waals surface area contributed by atoms with Crippen LogP contribution < -0.4 is 4.90 Å². The van der Waals surface area contributed by atoms with Crippen molar-refractivity contribution in [3.63, 3.8) is 0 Å². The lowest BCUT2D eigenvalue weighted by atomic mass is 10.1. The van der Waals surface area contributed by atoms with Crippen LogP contribution in [0.1, 0.15) is 45.1 Å². The zero-order chi connectivity index (χ0) is 21.1. The molecule has 0 saturated carbocycles. The molecule has 0 aliphatic carbocycles. The maximum absolute atomic E-state index is 14.5. The molecule has 162 valence electrons. The van der Waals surface area contributed by atoms with Crippen molar-refractivity contribution in [2.75, 3.05) is 31.1 Å². The first-order valence-electron chi connectivity index (χ1n) is 10.8. The monoisotopic (exact) mass is 416 g/mol. The van der Waals surface area contributed by atoms with Crippen molar-refractivity contribution in [3.05, 3.63) is 23.5 Å². The van der Waals surface area contributed by atoms with Gasteiger partial charge in [0.15, 0.2) is 0 Å². The van der Waals surface area contributed by atoms with Crippen molar-refractivity contribution in [1.82, 2.24) is 4.90 Å². The van der Waals surface area contributed by atoms with Crippen LogP contribution in [0.15, 0.2) is 22.3 Å². The molecule has 0 spiro atoms. The van der Waals surface area contributed by atoms with E-state index in [0.717, 1.165) is 62.2 Å². The molecule has 2 saturated heterocycles. The Kier molecular flexibility index (Phi) is 6.20. The highest BCUT2D eigenvalue weighted by Crippen LogP contribution is 2.32. The highest BCUT2D eigenvalue weighted by Gasteiger charge is 2.26. The number of piperidine rings is 2. The summed E-state index contributed by atoms with van der Waals surface area (Å²) in [5, 5.41) is 4.38. The highest BCUT2D eigenvalue weighted by molar-refractivity contribution is 5.86. The molecule has 0 unspecified atom stereocenters. The minimum atomic E-state index is -0.257. The minimum Gasteiger partial charge on any atom is -0.447 e. The number of halogens is 1. The second-order valence-electron chi connectivity index (χ2n) is 8.32. The normalized spacial score (nSPS) is 19.3. The van der Waals surface area contributed by atoms with Crippen LogP contribution in [0.5, 0.6) is 0 Å². The molecule has 3 aliphatic heterocycles. The van der Waals surface area contributed by atoms with Crippen molar-refractivity contribution < 1.29 is 18.8 Å². The maximum atomic E-state index is 14.5. The first-order valence-corrected chi connectivity index (χ1v) is 10.8. The van der Waals surface area contributed by atoms with Crippen LogP contribution in [-0.4, -0.2) is 61.3 Å². The lowest BCUT2D eigenvalue weighted by molar-refractivity contribution is 0.00415. The van der Waals surface area contributed by atoms with E-state index < -0.39 is 0 Å². The van der Waals surface area contributed by atoms with Crippen LogP contribution in [0.4, 0.5) is 20.6 Å². The predicted octanol–water partition coefficient (Wildman–Crippen LogP) is 4.07. The van der Waals surface area contributed by atoms with E-state index in [1.165, 1.54) is 6.07 Å². The predicted molar refractivity (Wildman–Crippen MR) is 114 cm³/mol. The molecule has 7 nitrogen and oxygen atoms in total. The van der Waals surface area contributed by atoms with Gasteiger partial charge in [-0.2, -0.15) is 0 Å². The third-order valence-corrected chi connectivity index (χ3v) is 5.74. The van der Waals surface area contributed by atoms with Crippen molar-refractivity contribution in [2.45, 2.75) is 58.2 Å². The molecule has 4 rings (SSSR count). The molecular weight excluding hydrogens is 387 g/mol. The summed E-state index contributed by atoms with van der Waals surface area (Å²) in [7, 11) is 0. The fraction of sp³-hybridized carbons (Fsp3) is 0.591. The number of hydrogen-bond donors (Lipinski definition) is 0. The summed E-state index contributed by atoms with van der Waals surface area (Å²) in [5.74, 6) is -0.216. The standard InChI is InChI=1S/C22H29FN4O3/c1-15(2)29-22(28)27-11-6-18(7-12-27)30-25-17-4-9-26(10-5-17)21-13-16-3-8-24-20(16)14-19(21)23/h8,13-15,18H,3-7,9-12H2,1-2H3. The van der Waals surface area contributed by atoms with Gasteiger partial charge >= 0.3 is 6.09 Å². The Morgan fingerprint density at radius 3 is 2.63 bits per heavy atom. The van der Waals surface area contributed by atoms with Gasteiger partial charge in [0.1, 0.15) is 11.9 Å². The Morgan fingerprint density at radius 1 is 1.20 bits per heavy atom. The Labute approximate surface area is 176 Å². The summed E-state index contributed by atoms with van der Waals surface area (Å²) < 4.78 is 19.7. The molecule has 0 radical (unpaired) electrons. The SMILES string of the molecule is CC(C)OC(=O)N1CCC(ON=C2CCN(c3cc4c(cc3F)N=CC4)CC2)CC1. The number of ether oxygens (including phenoxy) is 1. The Morgan fingerprint density at radius 2 is 1.93 bits per heavy atom. The Hall–Kier alpha value is -2.64. The Balaban J connectivity index is 1.24. The molecular formula is C22H29FN4O3. The molecule has 0 bridgehead atoms. The third kappa shape index (κ3) is 4.74. The summed E-state index contributed by atoms with van der Waals surface area (Å²) in [6.45, 7) is 6.38. The first-order chi connectivity index (χ1) is 14.5. The fourth-order valence-electron chi connectivity index (χ4n) is 4.03. The van der Waals surface area contributed by atoms with Gasteiger partial charge in [-0.15, -0.1) is 0 Å². The summed E-state index contributed by atoms with van der Waals surface area (Å²) >= 11 is 0. The highest BCUT2D eigenvalue weighted by atomic mass is 19.1. The van der Waals surface area contributed by atoms with Gasteiger partial charge in [-0.05, 0) is 25.5 Å². The number of rotatable bonds is 4. The molecule has 1 aromatic carbocycles. The van der Waals surface area contributed by atoms with Crippen LogP contribution >= 0.6 is 0 Å². The van der Waals surface area contributed by atoms with Gasteiger partial charge in [-0.25, -0.2) is 9.18 Å². The van der Waals surface area contributed by atoms with Crippen LogP contribution in [-0.2, 0) is 16.0 Å². The number of nitrogens with zero attached hydrogens (tertiary/aromatic N) is 4. The molecule has 0 aromatic heterocycles. The number of amides is 1. The van der Waals surface area contributed by atoms with Crippen molar-refractivity contribution in [1.29, 1.82) is 0 Å². The molecule has 30 heavy (non-hydrogen) atoms. The molecule has 1 amide bonds. The lowest BCUT2D eigenvalue weighted by Crippen LogP contribution is -2.41. The number of hydrogen-bond acceptors (Lipinski definition) is 6. The van der Waals surface area contributed by atoms with E-state index in [4.69, 9.17) is 9.57 Å². The number of anilines is 1. The van der Waals surface area contributed by atoms with Gasteiger partial charge in [0, 0.05) is 70.6 Å². The molecule has 8 heteroatoms. The van der Waals surface area contributed by atoms with Gasteiger partial charge in [0.25, 0.3) is 0 Å².